The molecule has 170 valence electrons. The second kappa shape index (κ2) is 12.1. The molecule has 0 saturated heterocycles. The topological polar surface area (TPSA) is 91.0 Å². The van der Waals surface area contributed by atoms with E-state index in [1.54, 1.807) is 38.6 Å². The van der Waals surface area contributed by atoms with Crippen molar-refractivity contribution in [1.82, 2.24) is 4.98 Å². The molecule has 1 aromatic heterocycles. The van der Waals surface area contributed by atoms with Gasteiger partial charge in [-0.05, 0) is 41.3 Å². The molecule has 3 aromatic rings. The van der Waals surface area contributed by atoms with Gasteiger partial charge in [0.1, 0.15) is 0 Å². The highest BCUT2D eigenvalue weighted by molar-refractivity contribution is 14.0. The summed E-state index contributed by atoms with van der Waals surface area (Å²) in [5, 5.41) is 3.13. The van der Waals surface area contributed by atoms with Crippen LogP contribution in [0.15, 0.2) is 65.8 Å². The molecule has 0 radical (unpaired) electrons. The summed E-state index contributed by atoms with van der Waals surface area (Å²) in [6.45, 7) is 4.70. The minimum atomic E-state index is 0. The Bertz CT molecular complexity index is 1020. The van der Waals surface area contributed by atoms with Crippen LogP contribution in [-0.4, -0.2) is 25.2 Å². The van der Waals surface area contributed by atoms with Crippen molar-refractivity contribution in [1.29, 1.82) is 0 Å². The van der Waals surface area contributed by atoms with Crippen LogP contribution in [0.25, 0.3) is 0 Å². The van der Waals surface area contributed by atoms with Gasteiger partial charge in [-0.15, -0.1) is 24.0 Å². The van der Waals surface area contributed by atoms with Crippen molar-refractivity contribution in [3.63, 3.8) is 0 Å². The van der Waals surface area contributed by atoms with Crippen LogP contribution < -0.4 is 25.3 Å². The van der Waals surface area contributed by atoms with Crippen LogP contribution in [-0.2, 0) is 6.54 Å². The molecule has 0 amide bonds. The minimum absolute atomic E-state index is 0. The van der Waals surface area contributed by atoms with Crippen molar-refractivity contribution in [2.24, 2.45) is 10.7 Å². The van der Waals surface area contributed by atoms with Gasteiger partial charge in [-0.25, -0.2) is 9.98 Å². The van der Waals surface area contributed by atoms with Gasteiger partial charge in [0.15, 0.2) is 17.5 Å². The molecule has 0 saturated carbocycles. The van der Waals surface area contributed by atoms with Gasteiger partial charge < -0.3 is 25.3 Å². The molecule has 0 spiro atoms. The second-order valence-electron chi connectivity index (χ2n) is 7.21. The van der Waals surface area contributed by atoms with Crippen molar-refractivity contribution in [2.45, 2.75) is 26.3 Å². The maximum Gasteiger partial charge on any atom is 0.219 e. The first-order chi connectivity index (χ1) is 15.0. The number of hydrogen-bond donors (Lipinski definition) is 2. The van der Waals surface area contributed by atoms with Gasteiger partial charge in [0.25, 0.3) is 0 Å². The highest BCUT2D eigenvalue weighted by Crippen LogP contribution is 2.39. The maximum atomic E-state index is 6.04. The van der Waals surface area contributed by atoms with Crippen molar-refractivity contribution < 1.29 is 14.2 Å². The van der Waals surface area contributed by atoms with Crippen molar-refractivity contribution in [3.8, 4) is 23.1 Å². The van der Waals surface area contributed by atoms with E-state index in [1.165, 1.54) is 5.56 Å². The SMILES string of the molecule is COc1cccc(OC)c1Oc1ccc(CN=C(N)Nc2cccc(C(C)C)c2)cn1.I. The van der Waals surface area contributed by atoms with Crippen LogP contribution >= 0.6 is 24.0 Å². The highest BCUT2D eigenvalue weighted by Gasteiger charge is 2.13. The molecule has 7 nitrogen and oxygen atoms in total. The van der Waals surface area contributed by atoms with E-state index in [2.05, 4.69) is 41.3 Å². The number of pyridine rings is 1. The van der Waals surface area contributed by atoms with Crippen LogP contribution in [0, 0.1) is 0 Å². The number of para-hydroxylation sites is 1. The van der Waals surface area contributed by atoms with Gasteiger partial charge in [-0.2, -0.15) is 0 Å². The summed E-state index contributed by atoms with van der Waals surface area (Å²) in [6, 6.07) is 17.2. The zero-order valence-corrected chi connectivity index (χ0v) is 21.0. The Labute approximate surface area is 206 Å². The van der Waals surface area contributed by atoms with E-state index in [0.29, 0.717) is 41.6 Å². The highest BCUT2D eigenvalue weighted by atomic mass is 127. The Morgan fingerprint density at radius 2 is 1.72 bits per heavy atom. The van der Waals surface area contributed by atoms with Crippen LogP contribution in [0.3, 0.4) is 0 Å². The van der Waals surface area contributed by atoms with Crippen LogP contribution in [0.1, 0.15) is 30.9 Å². The smallest absolute Gasteiger partial charge is 0.219 e. The Balaban J connectivity index is 0.00000363. The lowest BCUT2D eigenvalue weighted by Gasteiger charge is -2.13. The molecule has 0 atom stereocenters. The number of aromatic nitrogens is 1. The molecule has 0 aliphatic carbocycles. The molecular formula is C24H29IN4O3. The number of guanidine groups is 1. The number of nitrogens with two attached hydrogens (primary N) is 1. The number of hydrogen-bond acceptors (Lipinski definition) is 5. The number of anilines is 1. The molecule has 1 heterocycles. The van der Waals surface area contributed by atoms with E-state index >= 15 is 0 Å². The number of nitrogens with zero attached hydrogens (tertiary/aromatic N) is 2. The van der Waals surface area contributed by atoms with Gasteiger partial charge >= 0.3 is 0 Å². The summed E-state index contributed by atoms with van der Waals surface area (Å²) >= 11 is 0. The van der Waals surface area contributed by atoms with Gasteiger partial charge in [0, 0.05) is 18.0 Å². The van der Waals surface area contributed by atoms with Gasteiger partial charge in [-0.1, -0.05) is 38.1 Å². The molecule has 3 N–H and O–H groups in total. The zero-order chi connectivity index (χ0) is 22.2. The predicted molar refractivity (Wildman–Crippen MR) is 139 cm³/mol. The first-order valence-electron chi connectivity index (χ1n) is 10.0. The summed E-state index contributed by atoms with van der Waals surface area (Å²) in [7, 11) is 3.15. The molecule has 2 aromatic carbocycles. The maximum absolute atomic E-state index is 6.04. The number of ether oxygens (including phenoxy) is 3. The second-order valence-corrected chi connectivity index (χ2v) is 7.21. The lowest BCUT2D eigenvalue weighted by Crippen LogP contribution is -2.22. The molecule has 0 fully saturated rings. The fourth-order valence-corrected chi connectivity index (χ4v) is 2.93. The largest absolute Gasteiger partial charge is 0.493 e. The molecule has 0 bridgehead atoms. The summed E-state index contributed by atoms with van der Waals surface area (Å²) in [5.41, 5.74) is 9.10. The summed E-state index contributed by atoms with van der Waals surface area (Å²) in [5.74, 6) is 2.82. The summed E-state index contributed by atoms with van der Waals surface area (Å²) < 4.78 is 16.6. The predicted octanol–water partition coefficient (Wildman–Crippen LogP) is 5.56. The minimum Gasteiger partial charge on any atom is -0.493 e. The van der Waals surface area contributed by atoms with Crippen molar-refractivity contribution in [2.75, 3.05) is 19.5 Å². The van der Waals surface area contributed by atoms with Crippen LogP contribution in [0.2, 0.25) is 0 Å². The number of rotatable bonds is 8. The van der Waals surface area contributed by atoms with E-state index in [-0.39, 0.29) is 24.0 Å². The van der Waals surface area contributed by atoms with Crippen molar-refractivity contribution >= 4 is 35.6 Å². The Morgan fingerprint density at radius 3 is 2.31 bits per heavy atom. The van der Waals surface area contributed by atoms with Crippen LogP contribution in [0.4, 0.5) is 5.69 Å². The van der Waals surface area contributed by atoms with E-state index in [0.717, 1.165) is 11.3 Å². The first kappa shape index (κ1) is 25.3. The van der Waals surface area contributed by atoms with Crippen molar-refractivity contribution in [3.05, 3.63) is 71.9 Å². The molecule has 0 aliphatic rings. The molecule has 0 aliphatic heterocycles. The number of methoxy groups -OCH3 is 2. The third kappa shape index (κ3) is 6.74. The fraction of sp³-hybridized carbons (Fsp3) is 0.250. The van der Waals surface area contributed by atoms with Gasteiger partial charge in [0.05, 0.1) is 20.8 Å². The standard InChI is InChI=1S/C24H28N4O3.HI/c1-16(2)18-7-5-8-19(13-18)28-24(25)27-15-17-11-12-22(26-14-17)31-23-20(29-3)9-6-10-21(23)30-4;/h5-14,16H,15H2,1-4H3,(H3,25,27,28);1H. The quantitative estimate of drug-likeness (QED) is 0.218. The summed E-state index contributed by atoms with van der Waals surface area (Å²) in [6.07, 6.45) is 1.70. The number of halogens is 1. The molecule has 32 heavy (non-hydrogen) atoms. The number of aliphatic imine (C=N–C) groups is 1. The van der Waals surface area contributed by atoms with Gasteiger partial charge in [-0.3, -0.25) is 0 Å². The molecule has 3 rings (SSSR count). The first-order valence-corrected chi connectivity index (χ1v) is 10.0. The van der Waals surface area contributed by atoms with E-state index in [9.17, 15) is 0 Å². The number of nitrogens with one attached hydrogen (secondary N) is 1. The van der Waals surface area contributed by atoms with E-state index in [1.807, 2.05) is 24.3 Å². The Kier molecular flexibility index (Phi) is 9.58. The number of benzene rings is 2. The average molecular weight is 548 g/mol. The lowest BCUT2D eigenvalue weighted by atomic mass is 10.0. The summed E-state index contributed by atoms with van der Waals surface area (Å²) in [4.78, 5) is 8.75. The normalized spacial score (nSPS) is 11.0. The monoisotopic (exact) mass is 548 g/mol. The van der Waals surface area contributed by atoms with Gasteiger partial charge in [0.2, 0.25) is 11.6 Å². The fourth-order valence-electron chi connectivity index (χ4n) is 2.93. The molecular weight excluding hydrogens is 519 g/mol. The Hall–Kier alpha value is -3.01. The Morgan fingerprint density at radius 1 is 1.03 bits per heavy atom. The lowest BCUT2D eigenvalue weighted by molar-refractivity contribution is 0.342. The average Bonchev–Trinajstić information content (AvgIpc) is 2.79. The van der Waals surface area contributed by atoms with E-state index in [4.69, 9.17) is 19.9 Å². The third-order valence-electron chi connectivity index (χ3n) is 4.64. The zero-order valence-electron chi connectivity index (χ0n) is 18.7. The van der Waals surface area contributed by atoms with Crippen LogP contribution in [0.5, 0.6) is 23.1 Å². The third-order valence-corrected chi connectivity index (χ3v) is 4.64. The van der Waals surface area contributed by atoms with E-state index < -0.39 is 0 Å². The molecule has 8 heteroatoms. The molecule has 0 unspecified atom stereocenters.